The number of nitrogens with zero attached hydrogens (tertiary/aromatic N) is 2. The van der Waals surface area contributed by atoms with Crippen LogP contribution in [0.15, 0.2) is 53.4 Å². The summed E-state index contributed by atoms with van der Waals surface area (Å²) >= 11 is 0. The van der Waals surface area contributed by atoms with Gasteiger partial charge in [0.1, 0.15) is 4.90 Å². The molecule has 0 radical (unpaired) electrons. The summed E-state index contributed by atoms with van der Waals surface area (Å²) in [5.74, 6) is -0.245. The molecule has 0 bridgehead atoms. The van der Waals surface area contributed by atoms with Gasteiger partial charge >= 0.3 is 0 Å². The van der Waals surface area contributed by atoms with E-state index in [1.165, 1.54) is 20.2 Å². The normalized spacial score (nSPS) is 14.5. The number of likely N-dealkylation sites (tertiary alicyclic amines) is 1. The van der Waals surface area contributed by atoms with Crippen LogP contribution in [0.1, 0.15) is 28.8 Å². The van der Waals surface area contributed by atoms with Gasteiger partial charge in [-0.3, -0.25) is 9.59 Å². The van der Waals surface area contributed by atoms with Crippen LogP contribution in [-0.4, -0.2) is 50.1 Å². The lowest BCUT2D eigenvalue weighted by Crippen LogP contribution is -2.24. The van der Waals surface area contributed by atoms with Gasteiger partial charge in [-0.05, 0) is 36.2 Å². The van der Waals surface area contributed by atoms with Crippen molar-refractivity contribution in [2.45, 2.75) is 24.3 Å². The SMILES string of the molecule is CN(C)S(=O)(=O)c1ccccc1NC(=O)c1ccc(CN2CCCC2=O)cc1. The fraction of sp³-hybridized carbons (Fsp3) is 0.300. The number of hydrogen-bond donors (Lipinski definition) is 1. The Hall–Kier alpha value is -2.71. The van der Waals surface area contributed by atoms with Crippen molar-refractivity contribution < 1.29 is 18.0 Å². The fourth-order valence-electron chi connectivity index (χ4n) is 3.04. The van der Waals surface area contributed by atoms with Gasteiger partial charge in [-0.2, -0.15) is 0 Å². The average molecular weight is 401 g/mol. The Kier molecular flexibility index (Phi) is 5.81. The van der Waals surface area contributed by atoms with E-state index in [9.17, 15) is 18.0 Å². The van der Waals surface area contributed by atoms with Crippen molar-refractivity contribution in [3.8, 4) is 0 Å². The van der Waals surface area contributed by atoms with Crippen LogP contribution in [-0.2, 0) is 21.4 Å². The monoisotopic (exact) mass is 401 g/mol. The topological polar surface area (TPSA) is 86.8 Å². The van der Waals surface area contributed by atoms with Gasteiger partial charge in [0.15, 0.2) is 0 Å². The molecule has 2 amide bonds. The lowest BCUT2D eigenvalue weighted by Gasteiger charge is -2.16. The molecule has 0 unspecified atom stereocenters. The number of nitrogens with one attached hydrogen (secondary N) is 1. The number of sulfonamides is 1. The lowest BCUT2D eigenvalue weighted by molar-refractivity contribution is -0.128. The first-order valence-electron chi connectivity index (χ1n) is 8.98. The molecule has 1 aliphatic heterocycles. The van der Waals surface area contributed by atoms with E-state index in [2.05, 4.69) is 5.32 Å². The molecule has 7 nitrogen and oxygen atoms in total. The van der Waals surface area contributed by atoms with E-state index in [0.717, 1.165) is 22.8 Å². The van der Waals surface area contributed by atoms with Crippen LogP contribution >= 0.6 is 0 Å². The molecule has 3 rings (SSSR count). The Morgan fingerprint density at radius 1 is 1.11 bits per heavy atom. The largest absolute Gasteiger partial charge is 0.338 e. The number of hydrogen-bond acceptors (Lipinski definition) is 4. The maximum absolute atomic E-state index is 12.6. The summed E-state index contributed by atoms with van der Waals surface area (Å²) in [7, 11) is -0.795. The Morgan fingerprint density at radius 3 is 2.39 bits per heavy atom. The number of amides is 2. The first-order chi connectivity index (χ1) is 13.3. The van der Waals surface area contributed by atoms with Crippen LogP contribution in [0.25, 0.3) is 0 Å². The summed E-state index contributed by atoms with van der Waals surface area (Å²) in [4.78, 5) is 26.2. The Morgan fingerprint density at radius 2 is 1.79 bits per heavy atom. The van der Waals surface area contributed by atoms with Gasteiger partial charge in [0, 0.05) is 39.2 Å². The number of benzene rings is 2. The number of anilines is 1. The number of rotatable bonds is 6. The zero-order chi connectivity index (χ0) is 20.3. The van der Waals surface area contributed by atoms with E-state index < -0.39 is 15.9 Å². The van der Waals surface area contributed by atoms with Gasteiger partial charge < -0.3 is 10.2 Å². The molecule has 0 saturated carbocycles. The van der Waals surface area contributed by atoms with Crippen molar-refractivity contribution in [3.05, 3.63) is 59.7 Å². The van der Waals surface area contributed by atoms with Crippen molar-refractivity contribution >= 4 is 27.5 Å². The highest BCUT2D eigenvalue weighted by Crippen LogP contribution is 2.24. The minimum absolute atomic E-state index is 0.0394. The van der Waals surface area contributed by atoms with Gasteiger partial charge in [-0.1, -0.05) is 24.3 Å². The number of para-hydroxylation sites is 1. The molecule has 1 fully saturated rings. The fourth-order valence-corrected chi connectivity index (χ4v) is 4.08. The second kappa shape index (κ2) is 8.12. The van der Waals surface area contributed by atoms with Crippen LogP contribution in [0.5, 0.6) is 0 Å². The minimum atomic E-state index is -3.68. The van der Waals surface area contributed by atoms with Crippen LogP contribution in [0.2, 0.25) is 0 Å². The highest BCUT2D eigenvalue weighted by molar-refractivity contribution is 7.89. The molecule has 1 heterocycles. The zero-order valence-corrected chi connectivity index (χ0v) is 16.7. The maximum atomic E-state index is 12.6. The summed E-state index contributed by atoms with van der Waals surface area (Å²) in [6, 6.07) is 13.3. The van der Waals surface area contributed by atoms with Crippen LogP contribution < -0.4 is 5.32 Å². The van der Waals surface area contributed by atoms with E-state index in [0.29, 0.717) is 18.5 Å². The Labute approximate surface area is 165 Å². The van der Waals surface area contributed by atoms with E-state index in [1.807, 2.05) is 12.1 Å². The molecule has 1 saturated heterocycles. The molecule has 0 aliphatic carbocycles. The van der Waals surface area contributed by atoms with Gasteiger partial charge in [0.2, 0.25) is 15.9 Å². The third-order valence-electron chi connectivity index (χ3n) is 4.65. The molecule has 1 N–H and O–H groups in total. The molecule has 0 spiro atoms. The molecule has 28 heavy (non-hydrogen) atoms. The number of carbonyl (C=O) groups is 2. The van der Waals surface area contributed by atoms with Gasteiger partial charge in [0.25, 0.3) is 5.91 Å². The second-order valence-corrected chi connectivity index (χ2v) is 8.97. The molecular weight excluding hydrogens is 378 g/mol. The standard InChI is InChI=1S/C20H23N3O4S/c1-22(2)28(26,27)18-7-4-3-6-17(18)21-20(25)16-11-9-15(10-12-16)14-23-13-5-8-19(23)24/h3-4,6-7,9-12H,5,8,13-14H2,1-2H3,(H,21,25). The lowest BCUT2D eigenvalue weighted by atomic mass is 10.1. The number of carbonyl (C=O) groups excluding carboxylic acids is 2. The molecule has 1 aliphatic rings. The third-order valence-corrected chi connectivity index (χ3v) is 6.53. The summed E-state index contributed by atoms with van der Waals surface area (Å²) < 4.78 is 26.0. The predicted octanol–water partition coefficient (Wildman–Crippen LogP) is 2.31. The first-order valence-corrected chi connectivity index (χ1v) is 10.4. The van der Waals surface area contributed by atoms with Crippen LogP contribution in [0, 0.1) is 0 Å². The van der Waals surface area contributed by atoms with E-state index in [-0.39, 0.29) is 16.5 Å². The zero-order valence-electron chi connectivity index (χ0n) is 15.9. The molecule has 2 aromatic rings. The van der Waals surface area contributed by atoms with Gasteiger partial charge in [-0.25, -0.2) is 12.7 Å². The summed E-state index contributed by atoms with van der Waals surface area (Å²) in [5.41, 5.74) is 1.59. The van der Waals surface area contributed by atoms with Crippen LogP contribution in [0.4, 0.5) is 5.69 Å². The van der Waals surface area contributed by atoms with Crippen molar-refractivity contribution in [2.24, 2.45) is 0 Å². The average Bonchev–Trinajstić information content (AvgIpc) is 3.07. The predicted molar refractivity (Wildman–Crippen MR) is 106 cm³/mol. The molecule has 0 aromatic heterocycles. The smallest absolute Gasteiger partial charge is 0.255 e. The summed E-state index contributed by atoms with van der Waals surface area (Å²) in [5, 5.41) is 2.68. The Bertz CT molecular complexity index is 985. The van der Waals surface area contributed by atoms with E-state index in [1.54, 1.807) is 35.2 Å². The van der Waals surface area contributed by atoms with Crippen molar-refractivity contribution in [1.29, 1.82) is 0 Å². The third kappa shape index (κ3) is 4.23. The van der Waals surface area contributed by atoms with E-state index in [4.69, 9.17) is 0 Å². The molecular formula is C20H23N3O4S. The van der Waals surface area contributed by atoms with Crippen molar-refractivity contribution in [3.63, 3.8) is 0 Å². The molecule has 0 atom stereocenters. The van der Waals surface area contributed by atoms with E-state index >= 15 is 0 Å². The highest BCUT2D eigenvalue weighted by Gasteiger charge is 2.22. The Balaban J connectivity index is 1.75. The molecule has 148 valence electrons. The molecule has 2 aromatic carbocycles. The maximum Gasteiger partial charge on any atom is 0.255 e. The second-order valence-electron chi connectivity index (χ2n) is 6.85. The molecule has 8 heteroatoms. The van der Waals surface area contributed by atoms with Gasteiger partial charge in [-0.15, -0.1) is 0 Å². The quantitative estimate of drug-likeness (QED) is 0.805. The van der Waals surface area contributed by atoms with Crippen molar-refractivity contribution in [2.75, 3.05) is 26.0 Å². The summed E-state index contributed by atoms with van der Waals surface area (Å²) in [6.07, 6.45) is 1.48. The van der Waals surface area contributed by atoms with Crippen molar-refractivity contribution in [1.82, 2.24) is 9.21 Å². The highest BCUT2D eigenvalue weighted by atomic mass is 32.2. The minimum Gasteiger partial charge on any atom is -0.338 e. The van der Waals surface area contributed by atoms with Gasteiger partial charge in [0.05, 0.1) is 5.69 Å². The first kappa shape index (κ1) is 20.0. The van der Waals surface area contributed by atoms with Crippen LogP contribution in [0.3, 0.4) is 0 Å². The summed E-state index contributed by atoms with van der Waals surface area (Å²) in [6.45, 7) is 1.29.